The van der Waals surface area contributed by atoms with Crippen molar-refractivity contribution >= 4 is 17.7 Å². The number of carbonyl (C=O) groups excluding carboxylic acids is 3. The SMILES string of the molecule is COc1cncc(OC2CCC(NC(=O)CN3C(=O)CCC3=O)CC2)n1. The summed E-state index contributed by atoms with van der Waals surface area (Å²) in [6.07, 6.45) is 6.51. The van der Waals surface area contributed by atoms with Crippen LogP contribution < -0.4 is 14.8 Å². The normalized spacial score (nSPS) is 23.0. The minimum absolute atomic E-state index is 0.00583. The highest BCUT2D eigenvalue weighted by Gasteiger charge is 2.31. The van der Waals surface area contributed by atoms with Gasteiger partial charge in [-0.05, 0) is 25.7 Å². The fourth-order valence-electron chi connectivity index (χ4n) is 3.20. The zero-order valence-corrected chi connectivity index (χ0v) is 14.6. The summed E-state index contributed by atoms with van der Waals surface area (Å²) in [5.41, 5.74) is 0. The van der Waals surface area contributed by atoms with Crippen molar-refractivity contribution in [2.75, 3.05) is 13.7 Å². The molecular weight excluding hydrogens is 340 g/mol. The molecule has 26 heavy (non-hydrogen) atoms. The maximum absolute atomic E-state index is 12.1. The number of nitrogens with zero attached hydrogens (tertiary/aromatic N) is 3. The minimum Gasteiger partial charge on any atom is -0.480 e. The van der Waals surface area contributed by atoms with Gasteiger partial charge in [0.1, 0.15) is 12.6 Å². The van der Waals surface area contributed by atoms with Gasteiger partial charge in [0.2, 0.25) is 29.5 Å². The van der Waals surface area contributed by atoms with Gasteiger partial charge in [0.05, 0.1) is 19.5 Å². The van der Waals surface area contributed by atoms with Gasteiger partial charge < -0.3 is 14.8 Å². The summed E-state index contributed by atoms with van der Waals surface area (Å²) in [5, 5.41) is 2.90. The van der Waals surface area contributed by atoms with Crippen molar-refractivity contribution in [3.8, 4) is 11.8 Å². The molecule has 3 amide bonds. The molecule has 1 N–H and O–H groups in total. The third-order valence-corrected chi connectivity index (χ3v) is 4.58. The average molecular weight is 362 g/mol. The molecule has 2 fully saturated rings. The molecule has 1 aliphatic heterocycles. The summed E-state index contributed by atoms with van der Waals surface area (Å²) in [6.45, 7) is -0.187. The number of nitrogens with one attached hydrogen (secondary N) is 1. The van der Waals surface area contributed by atoms with Gasteiger partial charge in [-0.3, -0.25) is 24.3 Å². The topological polar surface area (TPSA) is 111 Å². The van der Waals surface area contributed by atoms with Gasteiger partial charge in [-0.1, -0.05) is 0 Å². The number of carbonyl (C=O) groups is 3. The lowest BCUT2D eigenvalue weighted by atomic mass is 9.93. The van der Waals surface area contributed by atoms with Gasteiger partial charge in [-0.15, -0.1) is 0 Å². The first-order chi connectivity index (χ1) is 12.5. The van der Waals surface area contributed by atoms with Crippen molar-refractivity contribution in [3.05, 3.63) is 12.4 Å². The highest BCUT2D eigenvalue weighted by Crippen LogP contribution is 2.23. The highest BCUT2D eigenvalue weighted by molar-refractivity contribution is 6.04. The van der Waals surface area contributed by atoms with Gasteiger partial charge in [-0.25, -0.2) is 0 Å². The second kappa shape index (κ2) is 8.11. The monoisotopic (exact) mass is 362 g/mol. The van der Waals surface area contributed by atoms with Gasteiger partial charge >= 0.3 is 0 Å². The largest absolute Gasteiger partial charge is 0.480 e. The Kier molecular flexibility index (Phi) is 5.65. The van der Waals surface area contributed by atoms with Crippen LogP contribution in [0.25, 0.3) is 0 Å². The zero-order valence-electron chi connectivity index (χ0n) is 14.6. The summed E-state index contributed by atoms with van der Waals surface area (Å²) in [4.78, 5) is 44.4. The van der Waals surface area contributed by atoms with E-state index in [-0.39, 0.29) is 49.3 Å². The Balaban J connectivity index is 1.42. The number of methoxy groups -OCH3 is 1. The van der Waals surface area contributed by atoms with E-state index in [0.717, 1.165) is 30.6 Å². The molecule has 2 heterocycles. The predicted molar refractivity (Wildman–Crippen MR) is 89.4 cm³/mol. The lowest BCUT2D eigenvalue weighted by molar-refractivity contribution is -0.142. The maximum atomic E-state index is 12.1. The van der Waals surface area contributed by atoms with E-state index in [4.69, 9.17) is 9.47 Å². The predicted octanol–water partition coefficient (Wildman–Crippen LogP) is 0.440. The molecule has 0 bridgehead atoms. The Hall–Kier alpha value is -2.71. The van der Waals surface area contributed by atoms with E-state index in [1.54, 1.807) is 6.20 Å². The van der Waals surface area contributed by atoms with Crippen LogP contribution in [0.3, 0.4) is 0 Å². The summed E-state index contributed by atoms with van der Waals surface area (Å²) in [7, 11) is 1.52. The summed E-state index contributed by atoms with van der Waals surface area (Å²) >= 11 is 0. The van der Waals surface area contributed by atoms with E-state index in [0.29, 0.717) is 11.8 Å². The first kappa shape index (κ1) is 18.1. The summed E-state index contributed by atoms with van der Waals surface area (Å²) in [6, 6.07) is 0.0200. The number of amides is 3. The van der Waals surface area contributed by atoms with E-state index >= 15 is 0 Å². The van der Waals surface area contributed by atoms with Crippen LogP contribution in [-0.4, -0.2) is 58.4 Å². The van der Waals surface area contributed by atoms with E-state index < -0.39 is 0 Å². The van der Waals surface area contributed by atoms with Crippen LogP contribution in [0.1, 0.15) is 38.5 Å². The van der Waals surface area contributed by atoms with Crippen LogP contribution in [0.5, 0.6) is 11.8 Å². The van der Waals surface area contributed by atoms with Crippen LogP contribution >= 0.6 is 0 Å². The highest BCUT2D eigenvalue weighted by atomic mass is 16.5. The van der Waals surface area contributed by atoms with Crippen LogP contribution in [0.15, 0.2) is 12.4 Å². The molecule has 9 nitrogen and oxygen atoms in total. The molecule has 0 aromatic carbocycles. The Labute approximate surface area is 151 Å². The van der Waals surface area contributed by atoms with Crippen molar-refractivity contribution < 1.29 is 23.9 Å². The Bertz CT molecular complexity index is 671. The molecule has 0 atom stereocenters. The van der Waals surface area contributed by atoms with E-state index in [1.807, 2.05) is 0 Å². The van der Waals surface area contributed by atoms with Crippen molar-refractivity contribution in [2.24, 2.45) is 0 Å². The van der Waals surface area contributed by atoms with Crippen molar-refractivity contribution in [1.29, 1.82) is 0 Å². The lowest BCUT2D eigenvalue weighted by Crippen LogP contribution is -2.45. The second-order valence-corrected chi connectivity index (χ2v) is 6.43. The van der Waals surface area contributed by atoms with Gasteiger partial charge in [0.15, 0.2) is 0 Å². The molecule has 140 valence electrons. The maximum Gasteiger partial charge on any atom is 0.240 e. The van der Waals surface area contributed by atoms with Gasteiger partial charge in [-0.2, -0.15) is 4.98 Å². The average Bonchev–Trinajstić information content (AvgIpc) is 2.95. The number of aromatic nitrogens is 2. The molecule has 1 aromatic heterocycles. The van der Waals surface area contributed by atoms with Crippen LogP contribution in [0, 0.1) is 0 Å². The molecule has 1 aromatic rings. The quantitative estimate of drug-likeness (QED) is 0.731. The van der Waals surface area contributed by atoms with Crippen molar-refractivity contribution in [2.45, 2.75) is 50.7 Å². The minimum atomic E-state index is -0.295. The third kappa shape index (κ3) is 4.47. The molecule has 9 heteroatoms. The number of hydrogen-bond donors (Lipinski definition) is 1. The van der Waals surface area contributed by atoms with E-state index in [2.05, 4.69) is 15.3 Å². The molecule has 1 saturated carbocycles. The second-order valence-electron chi connectivity index (χ2n) is 6.43. The zero-order chi connectivity index (χ0) is 18.5. The third-order valence-electron chi connectivity index (χ3n) is 4.58. The number of hydrogen-bond acceptors (Lipinski definition) is 7. The molecule has 0 radical (unpaired) electrons. The molecule has 0 unspecified atom stereocenters. The van der Waals surface area contributed by atoms with E-state index in [9.17, 15) is 14.4 Å². The molecule has 1 aliphatic carbocycles. The van der Waals surface area contributed by atoms with Crippen LogP contribution in [0.4, 0.5) is 0 Å². The van der Waals surface area contributed by atoms with Gasteiger partial charge in [0, 0.05) is 18.9 Å². The Morgan fingerprint density at radius 1 is 1.15 bits per heavy atom. The van der Waals surface area contributed by atoms with Crippen molar-refractivity contribution in [3.63, 3.8) is 0 Å². The Morgan fingerprint density at radius 2 is 1.81 bits per heavy atom. The number of imide groups is 1. The van der Waals surface area contributed by atoms with E-state index in [1.165, 1.54) is 13.3 Å². The fraction of sp³-hybridized carbons (Fsp3) is 0.588. The standard InChI is InChI=1S/C17H22N4O5/c1-25-14-8-18-9-15(20-14)26-12-4-2-11(3-5-12)19-13(22)10-21-16(23)6-7-17(21)24/h8-9,11-12H,2-7,10H2,1H3,(H,19,22). The molecule has 0 spiro atoms. The number of ether oxygens (including phenoxy) is 2. The number of rotatable bonds is 6. The van der Waals surface area contributed by atoms with Crippen molar-refractivity contribution in [1.82, 2.24) is 20.2 Å². The number of likely N-dealkylation sites (tertiary alicyclic amines) is 1. The van der Waals surface area contributed by atoms with Gasteiger partial charge in [0.25, 0.3) is 0 Å². The lowest BCUT2D eigenvalue weighted by Gasteiger charge is -2.29. The van der Waals surface area contributed by atoms with Crippen LogP contribution in [-0.2, 0) is 14.4 Å². The summed E-state index contributed by atoms with van der Waals surface area (Å²) in [5.74, 6) is -0.0303. The first-order valence-electron chi connectivity index (χ1n) is 8.70. The Morgan fingerprint density at radius 3 is 2.46 bits per heavy atom. The smallest absolute Gasteiger partial charge is 0.240 e. The summed E-state index contributed by atoms with van der Waals surface area (Å²) < 4.78 is 10.8. The molecular formula is C17H22N4O5. The first-order valence-corrected chi connectivity index (χ1v) is 8.70. The molecule has 1 saturated heterocycles. The molecule has 2 aliphatic rings. The molecule has 3 rings (SSSR count). The fourth-order valence-corrected chi connectivity index (χ4v) is 3.20. The van der Waals surface area contributed by atoms with Crippen LogP contribution in [0.2, 0.25) is 0 Å².